The first-order valence-corrected chi connectivity index (χ1v) is 9.75. The average Bonchev–Trinajstić information content (AvgIpc) is 2.70. The highest BCUT2D eigenvalue weighted by Crippen LogP contribution is 2.26. The van der Waals surface area contributed by atoms with E-state index in [9.17, 15) is 0 Å². The Kier molecular flexibility index (Phi) is 10.5. The lowest BCUT2D eigenvalue weighted by molar-refractivity contribution is 0.149. The smallest absolute Gasteiger partial charge is 0.131 e. The van der Waals surface area contributed by atoms with Gasteiger partial charge in [-0.1, -0.05) is 24.3 Å². The summed E-state index contributed by atoms with van der Waals surface area (Å²) in [6, 6.07) is 16.2. The summed E-state index contributed by atoms with van der Waals surface area (Å²) in [5, 5.41) is 6.84. The van der Waals surface area contributed by atoms with Crippen LogP contribution in [0.2, 0.25) is 0 Å². The minimum absolute atomic E-state index is 0.712. The standard InChI is InChI=1S/C22H32N2O3/c1-3-25-14-12-23-17-19-10-11-22(27-21-8-6-5-7-9-21)20(16-19)18-24-13-15-26-4-2/h5-11,16,23-24H,3-4,12-15,17-18H2,1-2H3. The summed E-state index contributed by atoms with van der Waals surface area (Å²) in [7, 11) is 0. The summed E-state index contributed by atoms with van der Waals surface area (Å²) in [5.74, 6) is 1.72. The number of nitrogens with one attached hydrogen (secondary N) is 2. The Morgan fingerprint density at radius 2 is 1.44 bits per heavy atom. The minimum Gasteiger partial charge on any atom is -0.457 e. The summed E-state index contributed by atoms with van der Waals surface area (Å²) in [6.45, 7) is 10.2. The maximum absolute atomic E-state index is 6.09. The molecule has 0 saturated carbocycles. The van der Waals surface area contributed by atoms with Gasteiger partial charge in [0.05, 0.1) is 13.2 Å². The van der Waals surface area contributed by atoms with E-state index in [1.165, 1.54) is 5.56 Å². The van der Waals surface area contributed by atoms with Crippen LogP contribution in [-0.4, -0.2) is 39.5 Å². The van der Waals surface area contributed by atoms with E-state index in [-0.39, 0.29) is 0 Å². The number of benzene rings is 2. The molecule has 0 heterocycles. The van der Waals surface area contributed by atoms with Gasteiger partial charge in [-0.2, -0.15) is 0 Å². The highest BCUT2D eigenvalue weighted by atomic mass is 16.5. The summed E-state index contributed by atoms with van der Waals surface area (Å²) in [6.07, 6.45) is 0. The van der Waals surface area contributed by atoms with Crippen LogP contribution in [0.25, 0.3) is 0 Å². The topological polar surface area (TPSA) is 51.8 Å². The van der Waals surface area contributed by atoms with Crippen LogP contribution in [0.3, 0.4) is 0 Å². The van der Waals surface area contributed by atoms with Crippen molar-refractivity contribution in [2.24, 2.45) is 0 Å². The first-order valence-electron chi connectivity index (χ1n) is 9.75. The molecule has 5 nitrogen and oxygen atoms in total. The van der Waals surface area contributed by atoms with Crippen molar-refractivity contribution >= 4 is 0 Å². The Bertz CT molecular complexity index is 635. The molecule has 2 aromatic rings. The second kappa shape index (κ2) is 13.3. The monoisotopic (exact) mass is 372 g/mol. The molecule has 0 amide bonds. The van der Waals surface area contributed by atoms with E-state index in [1.807, 2.05) is 50.2 Å². The molecule has 0 radical (unpaired) electrons. The zero-order valence-corrected chi connectivity index (χ0v) is 16.5. The van der Waals surface area contributed by atoms with Gasteiger partial charge in [-0.3, -0.25) is 0 Å². The fourth-order valence-electron chi connectivity index (χ4n) is 2.63. The molecule has 0 unspecified atom stereocenters. The van der Waals surface area contributed by atoms with Crippen molar-refractivity contribution in [1.29, 1.82) is 0 Å². The van der Waals surface area contributed by atoms with Crippen LogP contribution in [0.5, 0.6) is 11.5 Å². The lowest BCUT2D eigenvalue weighted by Gasteiger charge is -2.14. The molecule has 0 spiro atoms. The molecule has 0 fully saturated rings. The third-order valence-corrected chi connectivity index (χ3v) is 4.00. The van der Waals surface area contributed by atoms with E-state index in [0.29, 0.717) is 6.61 Å². The summed E-state index contributed by atoms with van der Waals surface area (Å²) >= 11 is 0. The number of para-hydroxylation sites is 1. The van der Waals surface area contributed by atoms with Crippen molar-refractivity contribution < 1.29 is 14.2 Å². The fourth-order valence-corrected chi connectivity index (χ4v) is 2.63. The third-order valence-electron chi connectivity index (χ3n) is 4.00. The lowest BCUT2D eigenvalue weighted by Crippen LogP contribution is -2.21. The molecular formula is C22H32N2O3. The Morgan fingerprint density at radius 1 is 0.778 bits per heavy atom. The van der Waals surface area contributed by atoms with Gasteiger partial charge in [0.1, 0.15) is 11.5 Å². The lowest BCUT2D eigenvalue weighted by atomic mass is 10.1. The molecule has 0 aliphatic heterocycles. The van der Waals surface area contributed by atoms with Crippen LogP contribution in [0.4, 0.5) is 0 Å². The molecule has 5 heteroatoms. The molecule has 0 aliphatic carbocycles. The van der Waals surface area contributed by atoms with E-state index in [1.54, 1.807) is 0 Å². The van der Waals surface area contributed by atoms with Crippen LogP contribution < -0.4 is 15.4 Å². The Labute approximate surface area is 163 Å². The van der Waals surface area contributed by atoms with Gasteiger partial charge in [0.15, 0.2) is 0 Å². The highest BCUT2D eigenvalue weighted by Gasteiger charge is 2.07. The molecule has 2 N–H and O–H groups in total. The van der Waals surface area contributed by atoms with Gasteiger partial charge < -0.3 is 24.8 Å². The fraction of sp³-hybridized carbons (Fsp3) is 0.455. The normalized spacial score (nSPS) is 10.9. The molecule has 27 heavy (non-hydrogen) atoms. The molecule has 2 aromatic carbocycles. The average molecular weight is 373 g/mol. The first kappa shape index (κ1) is 21.4. The quantitative estimate of drug-likeness (QED) is 0.495. The molecule has 0 atom stereocenters. The number of ether oxygens (including phenoxy) is 3. The predicted octanol–water partition coefficient (Wildman–Crippen LogP) is 3.73. The predicted molar refractivity (Wildman–Crippen MR) is 109 cm³/mol. The van der Waals surface area contributed by atoms with Crippen molar-refractivity contribution in [1.82, 2.24) is 10.6 Å². The molecule has 0 bridgehead atoms. The molecule has 0 saturated heterocycles. The molecule has 0 aromatic heterocycles. The Balaban J connectivity index is 1.97. The highest BCUT2D eigenvalue weighted by molar-refractivity contribution is 5.40. The first-order chi connectivity index (χ1) is 13.3. The number of rotatable bonds is 14. The Morgan fingerprint density at radius 3 is 2.11 bits per heavy atom. The zero-order chi connectivity index (χ0) is 19.2. The second-order valence-corrected chi connectivity index (χ2v) is 6.10. The Hall–Kier alpha value is -1.92. The van der Waals surface area contributed by atoms with Gasteiger partial charge in [-0.15, -0.1) is 0 Å². The van der Waals surface area contributed by atoms with Crippen LogP contribution in [0.15, 0.2) is 48.5 Å². The van der Waals surface area contributed by atoms with E-state index in [4.69, 9.17) is 14.2 Å². The van der Waals surface area contributed by atoms with Crippen molar-refractivity contribution in [3.05, 3.63) is 59.7 Å². The zero-order valence-electron chi connectivity index (χ0n) is 16.5. The largest absolute Gasteiger partial charge is 0.457 e. The van der Waals surface area contributed by atoms with Crippen molar-refractivity contribution in [3.8, 4) is 11.5 Å². The van der Waals surface area contributed by atoms with Crippen molar-refractivity contribution in [3.63, 3.8) is 0 Å². The van der Waals surface area contributed by atoms with E-state index in [0.717, 1.165) is 63.1 Å². The van der Waals surface area contributed by atoms with Gasteiger partial charge in [-0.05, 0) is 43.7 Å². The summed E-state index contributed by atoms with van der Waals surface area (Å²) < 4.78 is 16.8. The molecule has 0 aliphatic rings. The summed E-state index contributed by atoms with van der Waals surface area (Å²) in [5.41, 5.74) is 2.37. The molecular weight excluding hydrogens is 340 g/mol. The van der Waals surface area contributed by atoms with Crippen molar-refractivity contribution in [2.45, 2.75) is 26.9 Å². The summed E-state index contributed by atoms with van der Waals surface area (Å²) in [4.78, 5) is 0. The number of hydrogen-bond donors (Lipinski definition) is 2. The van der Waals surface area contributed by atoms with Gasteiger partial charge in [0.25, 0.3) is 0 Å². The van der Waals surface area contributed by atoms with Crippen molar-refractivity contribution in [2.75, 3.05) is 39.5 Å². The van der Waals surface area contributed by atoms with Gasteiger partial charge in [-0.25, -0.2) is 0 Å². The number of hydrogen-bond acceptors (Lipinski definition) is 5. The second-order valence-electron chi connectivity index (χ2n) is 6.10. The maximum atomic E-state index is 6.09. The van der Waals surface area contributed by atoms with E-state index >= 15 is 0 Å². The van der Waals surface area contributed by atoms with E-state index < -0.39 is 0 Å². The van der Waals surface area contributed by atoms with Gasteiger partial charge >= 0.3 is 0 Å². The SMILES string of the molecule is CCOCCNCc1ccc(Oc2ccccc2)c(CNCCOCC)c1. The van der Waals surface area contributed by atoms with E-state index in [2.05, 4.69) is 22.8 Å². The maximum Gasteiger partial charge on any atom is 0.131 e. The third kappa shape index (κ3) is 8.54. The van der Waals surface area contributed by atoms with Crippen LogP contribution >= 0.6 is 0 Å². The van der Waals surface area contributed by atoms with Gasteiger partial charge in [0, 0.05) is 45.0 Å². The van der Waals surface area contributed by atoms with Crippen LogP contribution in [0.1, 0.15) is 25.0 Å². The van der Waals surface area contributed by atoms with Crippen LogP contribution in [-0.2, 0) is 22.6 Å². The molecule has 148 valence electrons. The van der Waals surface area contributed by atoms with Gasteiger partial charge in [0.2, 0.25) is 0 Å². The van der Waals surface area contributed by atoms with Crippen LogP contribution in [0, 0.1) is 0 Å². The minimum atomic E-state index is 0.712. The molecule has 2 rings (SSSR count).